The quantitative estimate of drug-likeness (QED) is 0.787. The smallest absolute Gasteiger partial charge is 0.254 e. The first-order valence-corrected chi connectivity index (χ1v) is 6.57. The molecule has 1 fully saturated rings. The molecule has 1 aliphatic heterocycles. The Morgan fingerprint density at radius 1 is 1.48 bits per heavy atom. The molecule has 0 spiro atoms. The molecule has 1 aliphatic rings. The van der Waals surface area contributed by atoms with Crippen molar-refractivity contribution in [2.24, 2.45) is 0 Å². The second-order valence-electron chi connectivity index (χ2n) is 4.43. The number of amides is 1. The van der Waals surface area contributed by atoms with E-state index in [1.54, 1.807) is 0 Å². The molecular weight excluding hydrogens is 277 g/mol. The van der Waals surface area contributed by atoms with Crippen molar-refractivity contribution in [3.8, 4) is 11.8 Å². The Morgan fingerprint density at radius 2 is 2.33 bits per heavy atom. The number of halogens is 1. The number of hydrogen-bond acceptors (Lipinski definition) is 4. The number of carbonyl (C=O) groups is 1. The second kappa shape index (κ2) is 7.74. The van der Waals surface area contributed by atoms with Gasteiger partial charge in [-0.1, -0.05) is 11.8 Å². The fourth-order valence-corrected chi connectivity index (χ4v) is 1.87. The minimum Gasteiger partial charge on any atom is -0.384 e. The normalized spacial score (nSPS) is 17.7. The number of aliphatic hydroxyl groups excluding tert-OH is 1. The lowest BCUT2D eigenvalue weighted by atomic mass is 10.1. The van der Waals surface area contributed by atoms with Gasteiger partial charge >= 0.3 is 0 Å². The van der Waals surface area contributed by atoms with E-state index in [1.807, 2.05) is 0 Å². The molecule has 0 aromatic heterocycles. The Balaban J connectivity index is 1.95. The highest BCUT2D eigenvalue weighted by Crippen LogP contribution is 2.10. The third-order valence-corrected chi connectivity index (χ3v) is 2.90. The molecule has 1 atom stereocenters. The van der Waals surface area contributed by atoms with Crippen LogP contribution in [0.4, 0.5) is 4.39 Å². The van der Waals surface area contributed by atoms with Gasteiger partial charge in [-0.2, -0.15) is 0 Å². The monoisotopic (exact) mass is 293 g/mol. The molecule has 0 radical (unpaired) electrons. The maximum absolute atomic E-state index is 13.8. The van der Waals surface area contributed by atoms with Crippen LogP contribution in [0.3, 0.4) is 0 Å². The highest BCUT2D eigenvalue weighted by molar-refractivity contribution is 5.94. The molecule has 1 aromatic carbocycles. The van der Waals surface area contributed by atoms with Crippen LogP contribution in [0.2, 0.25) is 0 Å². The molecule has 2 rings (SSSR count). The van der Waals surface area contributed by atoms with E-state index in [0.717, 1.165) is 6.07 Å². The van der Waals surface area contributed by atoms with Crippen molar-refractivity contribution in [2.45, 2.75) is 6.10 Å². The molecule has 5 nitrogen and oxygen atoms in total. The van der Waals surface area contributed by atoms with Gasteiger partial charge in [0.25, 0.3) is 5.91 Å². The zero-order valence-corrected chi connectivity index (χ0v) is 11.4. The summed E-state index contributed by atoms with van der Waals surface area (Å²) in [5.41, 5.74) is 0.350. The van der Waals surface area contributed by atoms with E-state index in [2.05, 4.69) is 17.2 Å². The van der Waals surface area contributed by atoms with Crippen molar-refractivity contribution in [3.63, 3.8) is 0 Å². The van der Waals surface area contributed by atoms with Crippen LogP contribution in [-0.4, -0.2) is 50.1 Å². The topological polar surface area (TPSA) is 67.8 Å². The minimum atomic E-state index is -0.655. The predicted molar refractivity (Wildman–Crippen MR) is 73.3 cm³/mol. The summed E-state index contributed by atoms with van der Waals surface area (Å²) in [5.74, 6) is 3.83. The minimum absolute atomic E-state index is 0.0544. The van der Waals surface area contributed by atoms with Crippen LogP contribution >= 0.6 is 0 Å². The Morgan fingerprint density at radius 3 is 3.00 bits per heavy atom. The van der Waals surface area contributed by atoms with Crippen LogP contribution < -0.4 is 5.32 Å². The largest absolute Gasteiger partial charge is 0.384 e. The highest BCUT2D eigenvalue weighted by atomic mass is 19.1. The standard InChI is InChI=1S/C15H16FNO4/c16-14-8-11(2-1-5-18)3-4-13(14)15(19)17-9-12-10-20-6-7-21-12/h3-4,8,12,18H,5-7,9-10H2,(H,17,19). The molecule has 0 aliphatic carbocycles. The molecule has 0 saturated carbocycles. The molecule has 2 N–H and O–H groups in total. The molecular formula is C15H16FNO4. The molecule has 1 saturated heterocycles. The fraction of sp³-hybridized carbons (Fsp3) is 0.400. The molecule has 1 amide bonds. The van der Waals surface area contributed by atoms with Gasteiger partial charge in [0.15, 0.2) is 0 Å². The van der Waals surface area contributed by atoms with Gasteiger partial charge in [-0.25, -0.2) is 4.39 Å². The molecule has 0 bridgehead atoms. The molecule has 6 heteroatoms. The summed E-state index contributed by atoms with van der Waals surface area (Å²) in [5, 5.41) is 11.2. The first-order valence-electron chi connectivity index (χ1n) is 6.57. The lowest BCUT2D eigenvalue weighted by Crippen LogP contribution is -2.39. The summed E-state index contributed by atoms with van der Waals surface area (Å²) in [7, 11) is 0. The van der Waals surface area contributed by atoms with E-state index < -0.39 is 11.7 Å². The number of carbonyl (C=O) groups excluding carboxylic acids is 1. The van der Waals surface area contributed by atoms with E-state index in [9.17, 15) is 9.18 Å². The summed E-state index contributed by atoms with van der Waals surface area (Å²) in [4.78, 5) is 11.9. The Bertz CT molecular complexity index is 559. The summed E-state index contributed by atoms with van der Waals surface area (Å²) in [6.07, 6.45) is -0.208. The van der Waals surface area contributed by atoms with Crippen LogP contribution in [0, 0.1) is 17.7 Å². The fourth-order valence-electron chi connectivity index (χ4n) is 1.87. The molecule has 1 unspecified atom stereocenters. The van der Waals surface area contributed by atoms with Crippen LogP contribution in [0.1, 0.15) is 15.9 Å². The van der Waals surface area contributed by atoms with E-state index in [-0.39, 0.29) is 24.8 Å². The molecule has 21 heavy (non-hydrogen) atoms. The maximum atomic E-state index is 13.8. The van der Waals surface area contributed by atoms with Gasteiger partial charge in [-0.3, -0.25) is 4.79 Å². The van der Waals surface area contributed by atoms with Crippen molar-refractivity contribution in [2.75, 3.05) is 33.0 Å². The van der Waals surface area contributed by atoms with Crippen molar-refractivity contribution in [1.82, 2.24) is 5.32 Å². The zero-order valence-electron chi connectivity index (χ0n) is 11.4. The van der Waals surface area contributed by atoms with Crippen LogP contribution in [0.25, 0.3) is 0 Å². The van der Waals surface area contributed by atoms with E-state index in [0.29, 0.717) is 25.4 Å². The highest BCUT2D eigenvalue weighted by Gasteiger charge is 2.17. The van der Waals surface area contributed by atoms with Gasteiger partial charge in [0.2, 0.25) is 0 Å². The first kappa shape index (κ1) is 15.4. The first-order chi connectivity index (χ1) is 10.2. The molecule has 112 valence electrons. The van der Waals surface area contributed by atoms with Gasteiger partial charge in [-0.05, 0) is 18.2 Å². The van der Waals surface area contributed by atoms with Gasteiger partial charge in [0, 0.05) is 12.1 Å². The van der Waals surface area contributed by atoms with Crippen molar-refractivity contribution in [1.29, 1.82) is 0 Å². The van der Waals surface area contributed by atoms with Crippen LogP contribution in [0.5, 0.6) is 0 Å². The Labute approximate surface area is 122 Å². The van der Waals surface area contributed by atoms with Crippen LogP contribution in [0.15, 0.2) is 18.2 Å². The van der Waals surface area contributed by atoms with E-state index in [1.165, 1.54) is 12.1 Å². The number of rotatable bonds is 3. The Kier molecular flexibility index (Phi) is 5.69. The zero-order chi connectivity index (χ0) is 15.1. The maximum Gasteiger partial charge on any atom is 0.254 e. The average Bonchev–Trinajstić information content (AvgIpc) is 2.51. The summed E-state index contributed by atoms with van der Waals surface area (Å²) in [6.45, 7) is 1.43. The number of ether oxygens (including phenoxy) is 2. The van der Waals surface area contributed by atoms with Crippen molar-refractivity contribution in [3.05, 3.63) is 35.1 Å². The van der Waals surface area contributed by atoms with Gasteiger partial charge in [-0.15, -0.1) is 0 Å². The number of hydrogen-bond donors (Lipinski definition) is 2. The third kappa shape index (κ3) is 4.53. The van der Waals surface area contributed by atoms with Crippen molar-refractivity contribution < 1.29 is 23.8 Å². The lowest BCUT2D eigenvalue weighted by Gasteiger charge is -2.23. The van der Waals surface area contributed by atoms with Gasteiger partial charge in [0.1, 0.15) is 12.4 Å². The number of nitrogens with one attached hydrogen (secondary N) is 1. The summed E-state index contributed by atoms with van der Waals surface area (Å²) < 4.78 is 24.4. The summed E-state index contributed by atoms with van der Waals surface area (Å²) in [6, 6.07) is 4.06. The third-order valence-electron chi connectivity index (χ3n) is 2.90. The van der Waals surface area contributed by atoms with E-state index in [4.69, 9.17) is 14.6 Å². The summed E-state index contributed by atoms with van der Waals surface area (Å²) >= 11 is 0. The average molecular weight is 293 g/mol. The van der Waals surface area contributed by atoms with E-state index >= 15 is 0 Å². The molecule has 1 heterocycles. The van der Waals surface area contributed by atoms with Gasteiger partial charge in [0.05, 0.1) is 31.5 Å². The van der Waals surface area contributed by atoms with Crippen molar-refractivity contribution >= 4 is 5.91 Å². The second-order valence-corrected chi connectivity index (χ2v) is 4.43. The Hall–Kier alpha value is -1.94. The lowest BCUT2D eigenvalue weighted by molar-refractivity contribution is -0.0855. The number of aliphatic hydroxyl groups is 1. The van der Waals surface area contributed by atoms with Gasteiger partial charge < -0.3 is 19.9 Å². The number of benzene rings is 1. The van der Waals surface area contributed by atoms with Crippen LogP contribution in [-0.2, 0) is 9.47 Å². The SMILES string of the molecule is O=C(NCC1COCCO1)c1ccc(C#CCO)cc1F. The molecule has 1 aromatic rings. The predicted octanol–water partition coefficient (Wildman–Crippen LogP) is 0.315.